The molecule has 0 atom stereocenters. The van der Waals surface area contributed by atoms with Gasteiger partial charge in [-0.3, -0.25) is 0 Å². The Morgan fingerprint density at radius 1 is 1.38 bits per heavy atom. The van der Waals surface area contributed by atoms with Crippen molar-refractivity contribution in [2.45, 2.75) is 19.9 Å². The van der Waals surface area contributed by atoms with Gasteiger partial charge in [0.2, 0.25) is 0 Å². The van der Waals surface area contributed by atoms with E-state index in [0.717, 1.165) is 27.6 Å². The summed E-state index contributed by atoms with van der Waals surface area (Å²) in [6.45, 7) is 2.65. The number of hydrogen-bond acceptors (Lipinski definition) is 4. The van der Waals surface area contributed by atoms with Gasteiger partial charge in [-0.05, 0) is 25.1 Å². The summed E-state index contributed by atoms with van der Waals surface area (Å²) in [6, 6.07) is 7.72. The van der Waals surface area contributed by atoms with E-state index in [2.05, 4.69) is 20.6 Å². The fourth-order valence-electron chi connectivity index (χ4n) is 2.30. The highest BCUT2D eigenvalue weighted by Crippen LogP contribution is 2.21. The average Bonchev–Trinajstić information content (AvgIpc) is 3.04. The highest BCUT2D eigenvalue weighted by Gasteiger charge is 2.12. The molecule has 4 nitrogen and oxygen atoms in total. The number of nitriles is 1. The molecule has 0 saturated heterocycles. The van der Waals surface area contributed by atoms with Gasteiger partial charge in [-0.2, -0.15) is 5.26 Å². The van der Waals surface area contributed by atoms with E-state index in [1.54, 1.807) is 17.4 Å². The van der Waals surface area contributed by atoms with Gasteiger partial charge < -0.3 is 4.57 Å². The molecule has 0 saturated carbocycles. The van der Waals surface area contributed by atoms with Gasteiger partial charge in [0.05, 0.1) is 29.2 Å². The number of aryl methyl sites for hydroxylation is 2. The van der Waals surface area contributed by atoms with Crippen LogP contribution < -0.4 is 0 Å². The van der Waals surface area contributed by atoms with Crippen molar-refractivity contribution in [3.8, 4) is 6.07 Å². The molecule has 0 aliphatic heterocycles. The second-order valence-corrected chi connectivity index (χ2v) is 6.07. The summed E-state index contributed by atoms with van der Waals surface area (Å²) in [7, 11) is 0. The van der Waals surface area contributed by atoms with E-state index in [-0.39, 0.29) is 0 Å². The van der Waals surface area contributed by atoms with E-state index in [9.17, 15) is 0 Å². The standard InChI is InChI=1S/C15H13ClN4S/c1-10-9-21-15(18-10)8-20-13-6-11(7-17)2-3-12(13)19-14(20)4-5-16/h2-3,6,9H,4-5,8H2,1H3. The predicted molar refractivity (Wildman–Crippen MR) is 84.8 cm³/mol. The predicted octanol–water partition coefficient (Wildman–Crippen LogP) is 3.50. The summed E-state index contributed by atoms with van der Waals surface area (Å²) in [5.41, 5.74) is 3.51. The van der Waals surface area contributed by atoms with Gasteiger partial charge in [-0.15, -0.1) is 22.9 Å². The Morgan fingerprint density at radius 2 is 2.24 bits per heavy atom. The number of nitrogens with zero attached hydrogens (tertiary/aromatic N) is 4. The van der Waals surface area contributed by atoms with Gasteiger partial charge in [-0.1, -0.05) is 0 Å². The minimum Gasteiger partial charge on any atom is -0.321 e. The number of aromatic nitrogens is 3. The quantitative estimate of drug-likeness (QED) is 0.692. The highest BCUT2D eigenvalue weighted by atomic mass is 35.5. The summed E-state index contributed by atoms with van der Waals surface area (Å²) in [4.78, 5) is 9.13. The van der Waals surface area contributed by atoms with Crippen molar-refractivity contribution in [1.29, 1.82) is 5.26 Å². The van der Waals surface area contributed by atoms with Crippen molar-refractivity contribution in [1.82, 2.24) is 14.5 Å². The minimum absolute atomic E-state index is 0.519. The smallest absolute Gasteiger partial charge is 0.113 e. The van der Waals surface area contributed by atoms with Crippen molar-refractivity contribution in [3.05, 3.63) is 45.7 Å². The molecule has 0 aliphatic rings. The first-order valence-electron chi connectivity index (χ1n) is 6.57. The molecule has 6 heteroatoms. The molecule has 2 aromatic heterocycles. The molecule has 0 unspecified atom stereocenters. The molecule has 21 heavy (non-hydrogen) atoms. The van der Waals surface area contributed by atoms with Crippen LogP contribution in [0.4, 0.5) is 0 Å². The van der Waals surface area contributed by atoms with Gasteiger partial charge in [0, 0.05) is 23.4 Å². The number of rotatable bonds is 4. The van der Waals surface area contributed by atoms with E-state index < -0.39 is 0 Å². The third-order valence-corrected chi connectivity index (χ3v) is 4.37. The normalized spacial score (nSPS) is 10.9. The van der Waals surface area contributed by atoms with E-state index in [0.29, 0.717) is 24.4 Å². The van der Waals surface area contributed by atoms with Crippen LogP contribution in [0, 0.1) is 18.3 Å². The zero-order chi connectivity index (χ0) is 14.8. The zero-order valence-electron chi connectivity index (χ0n) is 11.5. The van der Waals surface area contributed by atoms with Crippen LogP contribution in [-0.2, 0) is 13.0 Å². The third-order valence-electron chi connectivity index (χ3n) is 3.23. The average molecular weight is 317 g/mol. The van der Waals surface area contributed by atoms with Crippen molar-refractivity contribution in [2.75, 3.05) is 5.88 Å². The van der Waals surface area contributed by atoms with E-state index in [1.165, 1.54) is 0 Å². The van der Waals surface area contributed by atoms with E-state index >= 15 is 0 Å². The van der Waals surface area contributed by atoms with Crippen molar-refractivity contribution in [2.24, 2.45) is 0 Å². The van der Waals surface area contributed by atoms with Crippen LogP contribution in [-0.4, -0.2) is 20.4 Å². The molecule has 0 N–H and O–H groups in total. The fourth-order valence-corrected chi connectivity index (χ4v) is 3.23. The first kappa shape index (κ1) is 14.1. The van der Waals surface area contributed by atoms with Gasteiger partial charge >= 0.3 is 0 Å². The fraction of sp³-hybridized carbons (Fsp3) is 0.267. The third kappa shape index (κ3) is 2.78. The lowest BCUT2D eigenvalue weighted by atomic mass is 10.2. The lowest BCUT2D eigenvalue weighted by molar-refractivity contribution is 0.748. The van der Waals surface area contributed by atoms with Crippen molar-refractivity contribution >= 4 is 34.0 Å². The topological polar surface area (TPSA) is 54.5 Å². The number of halogens is 1. The number of benzene rings is 1. The maximum atomic E-state index is 9.08. The molecule has 0 bridgehead atoms. The van der Waals surface area contributed by atoms with Crippen molar-refractivity contribution < 1.29 is 0 Å². The number of imidazole rings is 1. The zero-order valence-corrected chi connectivity index (χ0v) is 13.1. The Morgan fingerprint density at radius 3 is 2.90 bits per heavy atom. The molecule has 0 radical (unpaired) electrons. The van der Waals surface area contributed by atoms with Crippen LogP contribution in [0.2, 0.25) is 0 Å². The molecule has 3 rings (SSSR count). The van der Waals surface area contributed by atoms with Gasteiger partial charge in [0.25, 0.3) is 0 Å². The number of thiazole rings is 1. The molecule has 0 amide bonds. The lowest BCUT2D eigenvalue weighted by Gasteiger charge is -2.06. The van der Waals surface area contributed by atoms with Crippen LogP contribution in [0.1, 0.15) is 22.1 Å². The number of alkyl halides is 1. The second kappa shape index (κ2) is 5.84. The number of fused-ring (bicyclic) bond motifs is 1. The van der Waals surface area contributed by atoms with Gasteiger partial charge in [-0.25, -0.2) is 9.97 Å². The molecule has 1 aromatic carbocycles. The van der Waals surface area contributed by atoms with Crippen LogP contribution in [0.5, 0.6) is 0 Å². The molecule has 0 spiro atoms. The molecular formula is C15H13ClN4S. The first-order valence-corrected chi connectivity index (χ1v) is 7.99. The molecular weight excluding hydrogens is 304 g/mol. The summed E-state index contributed by atoms with van der Waals surface area (Å²) < 4.78 is 2.11. The highest BCUT2D eigenvalue weighted by molar-refractivity contribution is 7.09. The van der Waals surface area contributed by atoms with Crippen LogP contribution >= 0.6 is 22.9 Å². The first-order chi connectivity index (χ1) is 10.2. The Labute approximate surface area is 131 Å². The lowest BCUT2D eigenvalue weighted by Crippen LogP contribution is -2.06. The Kier molecular flexibility index (Phi) is 3.91. The minimum atomic E-state index is 0.519. The second-order valence-electron chi connectivity index (χ2n) is 4.75. The van der Waals surface area contributed by atoms with Crippen LogP contribution in [0.15, 0.2) is 23.6 Å². The van der Waals surface area contributed by atoms with Crippen molar-refractivity contribution in [3.63, 3.8) is 0 Å². The maximum Gasteiger partial charge on any atom is 0.113 e. The Balaban J connectivity index is 2.12. The van der Waals surface area contributed by atoms with E-state index in [4.69, 9.17) is 16.9 Å². The largest absolute Gasteiger partial charge is 0.321 e. The summed E-state index contributed by atoms with van der Waals surface area (Å²) >= 11 is 7.52. The van der Waals surface area contributed by atoms with Gasteiger partial charge in [0.15, 0.2) is 0 Å². The molecule has 2 heterocycles. The van der Waals surface area contributed by atoms with Gasteiger partial charge in [0.1, 0.15) is 10.8 Å². The van der Waals surface area contributed by atoms with Crippen LogP contribution in [0.25, 0.3) is 11.0 Å². The number of hydrogen-bond donors (Lipinski definition) is 0. The molecule has 0 fully saturated rings. The Bertz CT molecular complexity index is 828. The maximum absolute atomic E-state index is 9.08. The Hall–Kier alpha value is -1.90. The summed E-state index contributed by atoms with van der Waals surface area (Å²) in [5.74, 6) is 1.45. The molecule has 0 aliphatic carbocycles. The monoisotopic (exact) mass is 316 g/mol. The summed E-state index contributed by atoms with van der Waals surface area (Å²) in [6.07, 6.45) is 0.697. The van der Waals surface area contributed by atoms with Crippen LogP contribution in [0.3, 0.4) is 0 Å². The SMILES string of the molecule is Cc1csc(Cn2c(CCCl)nc3ccc(C#N)cc32)n1. The molecule has 3 aromatic rings. The summed E-state index contributed by atoms with van der Waals surface area (Å²) in [5, 5.41) is 12.2. The molecule has 106 valence electrons. The van der Waals surface area contributed by atoms with E-state index in [1.807, 2.05) is 24.4 Å².